The maximum Gasteiger partial charge on any atom is 0.254 e. The van der Waals surface area contributed by atoms with Crippen molar-refractivity contribution < 1.29 is 9.53 Å². The van der Waals surface area contributed by atoms with Crippen LogP contribution in [-0.4, -0.2) is 29.5 Å². The Kier molecular flexibility index (Phi) is 6.45. The van der Waals surface area contributed by atoms with E-state index in [4.69, 9.17) is 16.3 Å². The number of aromatic nitrogens is 2. The lowest BCUT2D eigenvalue weighted by molar-refractivity contribution is 0.0953. The van der Waals surface area contributed by atoms with Gasteiger partial charge in [-0.1, -0.05) is 29.8 Å². The van der Waals surface area contributed by atoms with Gasteiger partial charge in [0.25, 0.3) is 5.91 Å². The van der Waals surface area contributed by atoms with Crippen LogP contribution in [0.2, 0.25) is 5.02 Å². The molecule has 0 atom stereocenters. The van der Waals surface area contributed by atoms with Crippen LogP contribution in [0.15, 0.2) is 54.9 Å². The molecule has 0 aliphatic heterocycles. The summed E-state index contributed by atoms with van der Waals surface area (Å²) in [7, 11) is 1.63. The standard InChI is InChI=1S/C21H21ClN4O2/c1-14-18(22)4-3-5-19(14)26-21-24-12-16(13-25-21)20(27)23-11-10-15-6-8-17(28-2)9-7-15/h3-9,12-13H,10-11H2,1-2H3,(H,23,27)(H,24,25,26). The number of halogens is 1. The SMILES string of the molecule is COc1ccc(CCNC(=O)c2cnc(Nc3cccc(Cl)c3C)nc2)cc1. The summed E-state index contributed by atoms with van der Waals surface area (Å²) < 4.78 is 5.13. The van der Waals surface area contributed by atoms with E-state index in [1.165, 1.54) is 12.4 Å². The van der Waals surface area contributed by atoms with Gasteiger partial charge in [0.1, 0.15) is 5.75 Å². The van der Waals surface area contributed by atoms with Crippen LogP contribution in [0.1, 0.15) is 21.5 Å². The second-order valence-electron chi connectivity index (χ2n) is 6.19. The Hall–Kier alpha value is -3.12. The van der Waals surface area contributed by atoms with Crippen LogP contribution < -0.4 is 15.4 Å². The molecule has 2 aromatic carbocycles. The lowest BCUT2D eigenvalue weighted by Crippen LogP contribution is -2.26. The summed E-state index contributed by atoms with van der Waals surface area (Å²) >= 11 is 6.11. The minimum absolute atomic E-state index is 0.209. The first-order valence-corrected chi connectivity index (χ1v) is 9.20. The highest BCUT2D eigenvalue weighted by Gasteiger charge is 2.08. The number of hydrogen-bond donors (Lipinski definition) is 2. The molecule has 0 saturated heterocycles. The molecule has 1 aromatic heterocycles. The molecule has 1 amide bonds. The number of hydrogen-bond acceptors (Lipinski definition) is 5. The van der Waals surface area contributed by atoms with Gasteiger partial charge in [-0.05, 0) is 48.7 Å². The molecule has 7 heteroatoms. The third-order valence-corrected chi connectivity index (χ3v) is 4.70. The highest BCUT2D eigenvalue weighted by molar-refractivity contribution is 6.31. The number of anilines is 2. The molecule has 28 heavy (non-hydrogen) atoms. The number of carbonyl (C=O) groups is 1. The largest absolute Gasteiger partial charge is 0.497 e. The van der Waals surface area contributed by atoms with Gasteiger partial charge in [-0.25, -0.2) is 9.97 Å². The molecule has 0 spiro atoms. The summed E-state index contributed by atoms with van der Waals surface area (Å²) in [6.45, 7) is 2.43. The van der Waals surface area contributed by atoms with E-state index in [2.05, 4.69) is 20.6 Å². The number of rotatable bonds is 7. The quantitative estimate of drug-likeness (QED) is 0.627. The summed E-state index contributed by atoms with van der Waals surface area (Å²) in [5.41, 5.74) is 3.26. The van der Waals surface area contributed by atoms with E-state index >= 15 is 0 Å². The molecule has 0 saturated carbocycles. The molecule has 6 nitrogen and oxygen atoms in total. The molecule has 0 fully saturated rings. The first-order chi connectivity index (χ1) is 13.6. The predicted molar refractivity (Wildman–Crippen MR) is 111 cm³/mol. The molecule has 0 aliphatic carbocycles. The van der Waals surface area contributed by atoms with E-state index in [-0.39, 0.29) is 5.91 Å². The van der Waals surface area contributed by atoms with Crippen LogP contribution >= 0.6 is 11.6 Å². The van der Waals surface area contributed by atoms with Crippen molar-refractivity contribution in [3.63, 3.8) is 0 Å². The second kappa shape index (κ2) is 9.19. The van der Waals surface area contributed by atoms with Crippen LogP contribution in [0, 0.1) is 6.92 Å². The molecule has 144 valence electrons. The Morgan fingerprint density at radius 3 is 2.50 bits per heavy atom. The first-order valence-electron chi connectivity index (χ1n) is 8.82. The lowest BCUT2D eigenvalue weighted by Gasteiger charge is -2.09. The Balaban J connectivity index is 1.53. The van der Waals surface area contributed by atoms with Gasteiger partial charge in [0.2, 0.25) is 5.95 Å². The van der Waals surface area contributed by atoms with E-state index in [1.807, 2.05) is 49.4 Å². The van der Waals surface area contributed by atoms with Crippen molar-refractivity contribution in [3.05, 3.63) is 76.6 Å². The minimum Gasteiger partial charge on any atom is -0.497 e. The maximum absolute atomic E-state index is 12.3. The fourth-order valence-electron chi connectivity index (χ4n) is 2.59. The Labute approximate surface area is 168 Å². The van der Waals surface area contributed by atoms with E-state index < -0.39 is 0 Å². The summed E-state index contributed by atoms with van der Waals surface area (Å²) in [6.07, 6.45) is 3.72. The van der Waals surface area contributed by atoms with E-state index in [0.29, 0.717) is 23.1 Å². The third-order valence-electron chi connectivity index (χ3n) is 4.29. The summed E-state index contributed by atoms with van der Waals surface area (Å²) in [6, 6.07) is 13.3. The Morgan fingerprint density at radius 2 is 1.82 bits per heavy atom. The van der Waals surface area contributed by atoms with Gasteiger partial charge < -0.3 is 15.4 Å². The van der Waals surface area contributed by atoms with E-state index in [9.17, 15) is 4.79 Å². The van der Waals surface area contributed by atoms with Crippen molar-refractivity contribution in [1.29, 1.82) is 0 Å². The zero-order valence-corrected chi connectivity index (χ0v) is 16.5. The van der Waals surface area contributed by atoms with Crippen LogP contribution in [0.25, 0.3) is 0 Å². The number of methoxy groups -OCH3 is 1. The summed E-state index contributed by atoms with van der Waals surface area (Å²) in [5, 5.41) is 6.64. The highest BCUT2D eigenvalue weighted by atomic mass is 35.5. The maximum atomic E-state index is 12.3. The number of ether oxygens (including phenoxy) is 1. The fraction of sp³-hybridized carbons (Fsp3) is 0.190. The summed E-state index contributed by atoms with van der Waals surface area (Å²) in [4.78, 5) is 20.7. The van der Waals surface area contributed by atoms with Crippen molar-refractivity contribution in [1.82, 2.24) is 15.3 Å². The van der Waals surface area contributed by atoms with Crippen LogP contribution in [-0.2, 0) is 6.42 Å². The van der Waals surface area contributed by atoms with Crippen LogP contribution in [0.4, 0.5) is 11.6 Å². The van der Waals surface area contributed by atoms with E-state index in [0.717, 1.165) is 29.0 Å². The third kappa shape index (κ3) is 4.98. The van der Waals surface area contributed by atoms with Crippen LogP contribution in [0.5, 0.6) is 5.75 Å². The van der Waals surface area contributed by atoms with Gasteiger partial charge in [0.05, 0.1) is 12.7 Å². The van der Waals surface area contributed by atoms with Crippen molar-refractivity contribution >= 4 is 29.1 Å². The fourth-order valence-corrected chi connectivity index (χ4v) is 2.76. The molecule has 0 aliphatic rings. The van der Waals surface area contributed by atoms with E-state index in [1.54, 1.807) is 7.11 Å². The molecule has 3 aromatic rings. The predicted octanol–water partition coefficient (Wildman–Crippen LogP) is 4.16. The molecule has 0 radical (unpaired) electrons. The smallest absolute Gasteiger partial charge is 0.254 e. The number of benzene rings is 2. The van der Waals surface area contributed by atoms with Gasteiger partial charge in [-0.3, -0.25) is 4.79 Å². The van der Waals surface area contributed by atoms with Gasteiger partial charge in [-0.15, -0.1) is 0 Å². The van der Waals surface area contributed by atoms with Gasteiger partial charge in [0, 0.05) is 29.6 Å². The Morgan fingerprint density at radius 1 is 1.11 bits per heavy atom. The number of nitrogens with zero attached hydrogens (tertiary/aromatic N) is 2. The lowest BCUT2D eigenvalue weighted by atomic mass is 10.1. The monoisotopic (exact) mass is 396 g/mol. The number of nitrogens with one attached hydrogen (secondary N) is 2. The van der Waals surface area contributed by atoms with Crippen molar-refractivity contribution in [2.45, 2.75) is 13.3 Å². The highest BCUT2D eigenvalue weighted by Crippen LogP contribution is 2.24. The zero-order chi connectivity index (χ0) is 19.9. The Bertz CT molecular complexity index is 944. The van der Waals surface area contributed by atoms with Crippen molar-refractivity contribution in [2.75, 3.05) is 19.0 Å². The molecule has 1 heterocycles. The molecular weight excluding hydrogens is 376 g/mol. The molecule has 3 rings (SSSR count). The van der Waals surface area contributed by atoms with Crippen molar-refractivity contribution in [3.8, 4) is 5.75 Å². The molecule has 0 bridgehead atoms. The summed E-state index contributed by atoms with van der Waals surface area (Å²) in [5.74, 6) is 1.01. The molecule has 2 N–H and O–H groups in total. The van der Waals surface area contributed by atoms with Gasteiger partial charge in [-0.2, -0.15) is 0 Å². The average Bonchev–Trinajstić information content (AvgIpc) is 2.72. The van der Waals surface area contributed by atoms with Gasteiger partial charge in [0.15, 0.2) is 0 Å². The molecule has 0 unspecified atom stereocenters. The zero-order valence-electron chi connectivity index (χ0n) is 15.7. The number of carbonyl (C=O) groups excluding carboxylic acids is 1. The molecular formula is C21H21ClN4O2. The van der Waals surface area contributed by atoms with Gasteiger partial charge >= 0.3 is 0 Å². The minimum atomic E-state index is -0.209. The van der Waals surface area contributed by atoms with Crippen molar-refractivity contribution in [2.24, 2.45) is 0 Å². The average molecular weight is 397 g/mol. The van der Waals surface area contributed by atoms with Crippen LogP contribution in [0.3, 0.4) is 0 Å². The topological polar surface area (TPSA) is 76.1 Å². The first kappa shape index (κ1) is 19.6. The number of amides is 1. The normalized spacial score (nSPS) is 10.4. The second-order valence-corrected chi connectivity index (χ2v) is 6.59.